The molecule has 2 rings (SSSR count). The molecule has 1 aromatic carbocycles. The van der Waals surface area contributed by atoms with Crippen molar-refractivity contribution >= 4 is 5.69 Å². The van der Waals surface area contributed by atoms with Crippen LogP contribution >= 0.6 is 0 Å². The first-order chi connectivity index (χ1) is 8.65. The first-order valence-electron chi connectivity index (χ1n) is 6.15. The van der Waals surface area contributed by atoms with Gasteiger partial charge in [0.15, 0.2) is 0 Å². The van der Waals surface area contributed by atoms with Crippen LogP contribution in [0.3, 0.4) is 0 Å². The highest BCUT2D eigenvalue weighted by molar-refractivity contribution is 5.56. The number of nitrogens with zero attached hydrogens (tertiary/aromatic N) is 1. The van der Waals surface area contributed by atoms with Crippen molar-refractivity contribution in [2.45, 2.75) is 33.4 Å². The number of rotatable bonds is 5. The van der Waals surface area contributed by atoms with Crippen molar-refractivity contribution in [3.05, 3.63) is 42.0 Å². The molecule has 2 N–H and O–H groups in total. The van der Waals surface area contributed by atoms with Crippen LogP contribution in [0.1, 0.15) is 25.4 Å². The summed E-state index contributed by atoms with van der Waals surface area (Å²) in [6.45, 7) is 6.70. The normalized spacial score (nSPS) is 10.7. The molecule has 0 aliphatic rings. The highest BCUT2D eigenvalue weighted by atomic mass is 16.5. The molecule has 0 spiro atoms. The van der Waals surface area contributed by atoms with Gasteiger partial charge in [0.2, 0.25) is 0 Å². The van der Waals surface area contributed by atoms with Gasteiger partial charge in [0, 0.05) is 0 Å². The quantitative estimate of drug-likeness (QED) is 0.851. The second kappa shape index (κ2) is 5.58. The zero-order valence-corrected chi connectivity index (χ0v) is 11.0. The van der Waals surface area contributed by atoms with Gasteiger partial charge in [-0.25, -0.2) is 4.98 Å². The number of ether oxygens (including phenoxy) is 1. The van der Waals surface area contributed by atoms with Gasteiger partial charge in [0.1, 0.15) is 11.6 Å². The Kier molecular flexibility index (Phi) is 3.87. The fraction of sp³-hybridized carbons (Fsp3) is 0.357. The van der Waals surface area contributed by atoms with Gasteiger partial charge in [0.05, 0.1) is 30.2 Å². The Hall–Kier alpha value is -1.97. The van der Waals surface area contributed by atoms with Crippen LogP contribution < -0.4 is 10.1 Å². The molecular formula is C14H19N3O. The van der Waals surface area contributed by atoms with E-state index in [-0.39, 0.29) is 6.10 Å². The number of anilines is 1. The van der Waals surface area contributed by atoms with Crippen molar-refractivity contribution in [3.63, 3.8) is 0 Å². The van der Waals surface area contributed by atoms with Gasteiger partial charge in [-0.3, -0.25) is 0 Å². The summed E-state index contributed by atoms with van der Waals surface area (Å²) in [4.78, 5) is 7.37. The number of nitrogens with one attached hydrogen (secondary N) is 2. The molecule has 0 saturated heterocycles. The van der Waals surface area contributed by atoms with Crippen molar-refractivity contribution in [2.75, 3.05) is 5.32 Å². The molecule has 96 valence electrons. The number of H-pyrrole nitrogens is 1. The molecule has 0 saturated carbocycles. The molecule has 0 atom stereocenters. The molecule has 1 aromatic heterocycles. The standard InChI is InChI=1S/C14H19N3O/c1-10(2)18-14-7-5-4-6-13(14)16-9-12-8-15-11(3)17-12/h4-8,10,16H,9H2,1-3H3,(H,15,17). The van der Waals surface area contributed by atoms with Gasteiger partial charge in [-0.1, -0.05) is 12.1 Å². The average Bonchev–Trinajstić information content (AvgIpc) is 2.73. The van der Waals surface area contributed by atoms with Crippen LogP contribution in [0.15, 0.2) is 30.5 Å². The summed E-state index contributed by atoms with van der Waals surface area (Å²) in [5.41, 5.74) is 2.06. The second-order valence-electron chi connectivity index (χ2n) is 4.51. The van der Waals surface area contributed by atoms with Gasteiger partial charge in [-0.15, -0.1) is 0 Å². The minimum atomic E-state index is 0.169. The Balaban J connectivity index is 2.04. The zero-order chi connectivity index (χ0) is 13.0. The molecule has 0 fully saturated rings. The molecule has 4 heteroatoms. The van der Waals surface area contributed by atoms with Crippen molar-refractivity contribution in [2.24, 2.45) is 0 Å². The van der Waals surface area contributed by atoms with E-state index in [4.69, 9.17) is 4.74 Å². The monoisotopic (exact) mass is 245 g/mol. The summed E-state index contributed by atoms with van der Waals surface area (Å²) in [5, 5.41) is 3.35. The van der Waals surface area contributed by atoms with E-state index in [0.717, 1.165) is 23.0 Å². The average molecular weight is 245 g/mol. The molecule has 0 bridgehead atoms. The topological polar surface area (TPSA) is 49.9 Å². The van der Waals surface area contributed by atoms with E-state index in [9.17, 15) is 0 Å². The van der Waals surface area contributed by atoms with Gasteiger partial charge >= 0.3 is 0 Å². The summed E-state index contributed by atoms with van der Waals surface area (Å²) in [6, 6.07) is 7.96. The Morgan fingerprint density at radius 2 is 2.11 bits per heavy atom. The van der Waals surface area contributed by atoms with Gasteiger partial charge in [-0.2, -0.15) is 0 Å². The Morgan fingerprint density at radius 3 is 2.78 bits per heavy atom. The van der Waals surface area contributed by atoms with Crippen LogP contribution in [0.5, 0.6) is 5.75 Å². The maximum atomic E-state index is 5.75. The van der Waals surface area contributed by atoms with Crippen molar-refractivity contribution in [1.29, 1.82) is 0 Å². The van der Waals surface area contributed by atoms with E-state index >= 15 is 0 Å². The lowest BCUT2D eigenvalue weighted by Gasteiger charge is -2.14. The number of hydrogen-bond acceptors (Lipinski definition) is 3. The number of benzene rings is 1. The zero-order valence-electron chi connectivity index (χ0n) is 11.0. The molecule has 0 radical (unpaired) electrons. The summed E-state index contributed by atoms with van der Waals surface area (Å²) in [5.74, 6) is 1.81. The molecule has 4 nitrogen and oxygen atoms in total. The van der Waals surface area contributed by atoms with Crippen LogP contribution in [0.25, 0.3) is 0 Å². The van der Waals surface area contributed by atoms with E-state index < -0.39 is 0 Å². The lowest BCUT2D eigenvalue weighted by molar-refractivity contribution is 0.243. The first kappa shape index (κ1) is 12.5. The number of imidazole rings is 1. The van der Waals surface area contributed by atoms with Crippen LogP contribution in [0.2, 0.25) is 0 Å². The van der Waals surface area contributed by atoms with Crippen LogP contribution in [-0.4, -0.2) is 16.1 Å². The highest BCUT2D eigenvalue weighted by Crippen LogP contribution is 2.25. The Labute approximate surface area is 107 Å². The Bertz CT molecular complexity index is 505. The minimum Gasteiger partial charge on any atom is -0.489 e. The predicted molar refractivity (Wildman–Crippen MR) is 72.9 cm³/mol. The molecule has 2 aromatic rings. The third-order valence-corrected chi connectivity index (χ3v) is 2.47. The largest absolute Gasteiger partial charge is 0.489 e. The maximum absolute atomic E-state index is 5.75. The molecule has 0 unspecified atom stereocenters. The van der Waals surface area contributed by atoms with Crippen molar-refractivity contribution in [1.82, 2.24) is 9.97 Å². The Morgan fingerprint density at radius 1 is 1.33 bits per heavy atom. The fourth-order valence-corrected chi connectivity index (χ4v) is 1.72. The van der Waals surface area contributed by atoms with E-state index in [0.29, 0.717) is 6.54 Å². The van der Waals surface area contributed by atoms with Gasteiger partial charge in [-0.05, 0) is 32.9 Å². The molecule has 18 heavy (non-hydrogen) atoms. The lowest BCUT2D eigenvalue weighted by Crippen LogP contribution is -2.08. The lowest BCUT2D eigenvalue weighted by atomic mass is 10.3. The fourth-order valence-electron chi connectivity index (χ4n) is 1.72. The van der Waals surface area contributed by atoms with E-state index in [1.165, 1.54) is 0 Å². The van der Waals surface area contributed by atoms with Crippen molar-refractivity contribution < 1.29 is 4.74 Å². The molecular weight excluding hydrogens is 226 g/mol. The summed E-state index contributed by atoms with van der Waals surface area (Å²) < 4.78 is 5.75. The second-order valence-corrected chi connectivity index (χ2v) is 4.51. The smallest absolute Gasteiger partial charge is 0.142 e. The predicted octanol–water partition coefficient (Wildman–Crippen LogP) is 3.12. The minimum absolute atomic E-state index is 0.169. The van der Waals surface area contributed by atoms with E-state index in [1.807, 2.05) is 51.2 Å². The van der Waals surface area contributed by atoms with Crippen LogP contribution in [0.4, 0.5) is 5.69 Å². The van der Waals surface area contributed by atoms with Gasteiger partial charge < -0.3 is 15.0 Å². The third kappa shape index (κ3) is 3.26. The van der Waals surface area contributed by atoms with E-state index in [2.05, 4.69) is 15.3 Å². The van der Waals surface area contributed by atoms with E-state index in [1.54, 1.807) is 0 Å². The van der Waals surface area contributed by atoms with Crippen molar-refractivity contribution in [3.8, 4) is 5.75 Å². The maximum Gasteiger partial charge on any atom is 0.142 e. The molecule has 0 aliphatic carbocycles. The number of aromatic nitrogens is 2. The summed E-state index contributed by atoms with van der Waals surface area (Å²) in [7, 11) is 0. The summed E-state index contributed by atoms with van der Waals surface area (Å²) >= 11 is 0. The number of hydrogen-bond donors (Lipinski definition) is 2. The molecule has 0 aliphatic heterocycles. The molecule has 1 heterocycles. The van der Waals surface area contributed by atoms with Gasteiger partial charge in [0.25, 0.3) is 0 Å². The number of aryl methyl sites for hydroxylation is 1. The number of para-hydroxylation sites is 2. The molecule has 0 amide bonds. The third-order valence-electron chi connectivity index (χ3n) is 2.47. The van der Waals surface area contributed by atoms with Crippen LogP contribution in [-0.2, 0) is 6.54 Å². The first-order valence-corrected chi connectivity index (χ1v) is 6.15. The summed E-state index contributed by atoms with van der Waals surface area (Å²) in [6.07, 6.45) is 2.01. The number of aromatic amines is 1. The van der Waals surface area contributed by atoms with Crippen LogP contribution in [0, 0.1) is 6.92 Å². The highest BCUT2D eigenvalue weighted by Gasteiger charge is 2.05. The SMILES string of the molecule is Cc1ncc(CNc2ccccc2OC(C)C)[nH]1.